The molecule has 3 N–H and O–H groups in total. The molecule has 0 spiro atoms. The van der Waals surface area contributed by atoms with Crippen molar-refractivity contribution in [1.82, 2.24) is 10.2 Å². The second kappa shape index (κ2) is 5.52. The molecule has 1 aromatic carbocycles. The Bertz CT molecular complexity index is 513. The molecular weight excluding hydrogens is 250 g/mol. The number of ether oxygens (including phenoxy) is 1. The predicted molar refractivity (Wildman–Crippen MR) is 72.7 cm³/mol. The van der Waals surface area contributed by atoms with Gasteiger partial charge < -0.3 is 10.5 Å². The normalized spacial score (nSPS) is 17.9. The molecule has 3 rings (SSSR count). The van der Waals surface area contributed by atoms with Crippen molar-refractivity contribution in [3.05, 3.63) is 41.7 Å². The van der Waals surface area contributed by atoms with Gasteiger partial charge in [0, 0.05) is 18.3 Å². The monoisotopic (exact) mass is 265 g/mol. The Hall–Kier alpha value is -1.36. The quantitative estimate of drug-likeness (QED) is 0.874. The molecular formula is C13H16ClN3O. The Morgan fingerprint density at radius 3 is 3.06 bits per heavy atom. The zero-order valence-electron chi connectivity index (χ0n) is 9.93. The Labute approximate surface area is 112 Å². The molecule has 1 atom stereocenters. The molecule has 1 aliphatic heterocycles. The van der Waals surface area contributed by atoms with Crippen LogP contribution in [0, 0.1) is 0 Å². The molecule has 4 nitrogen and oxygen atoms in total. The second-order valence-electron chi connectivity index (χ2n) is 4.21. The maximum atomic E-state index is 5.74. The molecule has 0 aliphatic carbocycles. The molecule has 5 heteroatoms. The first kappa shape index (κ1) is 13.1. The fourth-order valence-corrected chi connectivity index (χ4v) is 2.44. The maximum Gasteiger partial charge on any atom is 0.0950 e. The number of aromatic nitrogens is 2. The summed E-state index contributed by atoms with van der Waals surface area (Å²) in [5, 5.41) is 6.86. The average Bonchev–Trinajstić information content (AvgIpc) is 2.91. The average molecular weight is 266 g/mol. The van der Waals surface area contributed by atoms with Crippen molar-refractivity contribution in [2.45, 2.75) is 12.5 Å². The number of aromatic amines is 1. The first-order valence-corrected chi connectivity index (χ1v) is 5.82. The summed E-state index contributed by atoms with van der Waals surface area (Å²) in [6.45, 7) is 1.27. The highest BCUT2D eigenvalue weighted by atomic mass is 35.5. The maximum absolute atomic E-state index is 5.74. The van der Waals surface area contributed by atoms with E-state index in [1.807, 2.05) is 12.4 Å². The Kier molecular flexibility index (Phi) is 4.01. The van der Waals surface area contributed by atoms with Crippen molar-refractivity contribution in [3.63, 3.8) is 0 Å². The lowest BCUT2D eigenvalue weighted by Gasteiger charge is -2.26. The first-order chi connectivity index (χ1) is 8.40. The molecule has 0 amide bonds. The van der Waals surface area contributed by atoms with E-state index in [0.29, 0.717) is 6.54 Å². The molecule has 0 unspecified atom stereocenters. The van der Waals surface area contributed by atoms with Crippen LogP contribution in [0.2, 0.25) is 0 Å². The van der Waals surface area contributed by atoms with Crippen LogP contribution in [0.5, 0.6) is 0 Å². The summed E-state index contributed by atoms with van der Waals surface area (Å²) in [6.07, 6.45) is 4.74. The lowest BCUT2D eigenvalue weighted by Crippen LogP contribution is -2.23. The fourth-order valence-electron chi connectivity index (χ4n) is 2.44. The van der Waals surface area contributed by atoms with Crippen LogP contribution in [0.3, 0.4) is 0 Å². The van der Waals surface area contributed by atoms with Gasteiger partial charge in [-0.25, -0.2) is 0 Å². The third-order valence-corrected chi connectivity index (χ3v) is 3.25. The summed E-state index contributed by atoms with van der Waals surface area (Å²) in [5.74, 6) is 0. The number of hydrogen-bond donors (Lipinski definition) is 2. The summed E-state index contributed by atoms with van der Waals surface area (Å²) in [6, 6.07) is 6.29. The summed E-state index contributed by atoms with van der Waals surface area (Å²) >= 11 is 0. The van der Waals surface area contributed by atoms with Gasteiger partial charge in [-0.3, -0.25) is 5.10 Å². The summed E-state index contributed by atoms with van der Waals surface area (Å²) in [4.78, 5) is 0. The molecule has 0 bridgehead atoms. The van der Waals surface area contributed by atoms with E-state index in [1.54, 1.807) is 0 Å². The molecule has 2 heterocycles. The smallest absolute Gasteiger partial charge is 0.0950 e. The van der Waals surface area contributed by atoms with E-state index >= 15 is 0 Å². The van der Waals surface area contributed by atoms with Crippen molar-refractivity contribution in [2.75, 3.05) is 13.2 Å². The molecule has 0 saturated carbocycles. The van der Waals surface area contributed by atoms with Crippen LogP contribution >= 0.6 is 12.4 Å². The minimum Gasteiger partial charge on any atom is -0.372 e. The molecule has 0 saturated heterocycles. The number of nitrogens with two attached hydrogens (primary N) is 1. The van der Waals surface area contributed by atoms with Gasteiger partial charge in [0.15, 0.2) is 0 Å². The molecule has 1 aromatic heterocycles. The van der Waals surface area contributed by atoms with Crippen LogP contribution in [-0.2, 0) is 11.2 Å². The standard InChI is InChI=1S/C13H15N3O.ClH/c14-6-13-12-3-1-2-10(9-7-15-16-8-9)11(12)4-5-17-13;/h1-3,7-8,13H,4-6,14H2,(H,15,16);1H/t13-;/m0./s1. The van der Waals surface area contributed by atoms with Crippen LogP contribution < -0.4 is 5.73 Å². The third-order valence-electron chi connectivity index (χ3n) is 3.25. The van der Waals surface area contributed by atoms with E-state index < -0.39 is 0 Å². The Morgan fingerprint density at radius 2 is 2.33 bits per heavy atom. The number of benzene rings is 1. The lowest BCUT2D eigenvalue weighted by molar-refractivity contribution is 0.0486. The summed E-state index contributed by atoms with van der Waals surface area (Å²) in [5.41, 5.74) is 10.7. The molecule has 96 valence electrons. The van der Waals surface area contributed by atoms with Gasteiger partial charge in [-0.05, 0) is 23.1 Å². The minimum atomic E-state index is 0. The highest BCUT2D eigenvalue weighted by molar-refractivity contribution is 5.85. The van der Waals surface area contributed by atoms with Crippen molar-refractivity contribution >= 4 is 12.4 Å². The molecule has 18 heavy (non-hydrogen) atoms. The minimum absolute atomic E-state index is 0. The van der Waals surface area contributed by atoms with Crippen LogP contribution in [0.25, 0.3) is 11.1 Å². The highest BCUT2D eigenvalue weighted by Gasteiger charge is 2.22. The van der Waals surface area contributed by atoms with Crippen molar-refractivity contribution in [2.24, 2.45) is 5.73 Å². The Morgan fingerprint density at radius 1 is 1.44 bits per heavy atom. The number of H-pyrrole nitrogens is 1. The van der Waals surface area contributed by atoms with E-state index in [9.17, 15) is 0 Å². The fraction of sp³-hybridized carbons (Fsp3) is 0.308. The summed E-state index contributed by atoms with van der Waals surface area (Å²) in [7, 11) is 0. The van der Waals surface area contributed by atoms with Crippen LogP contribution in [-0.4, -0.2) is 23.3 Å². The molecule has 2 aromatic rings. The summed E-state index contributed by atoms with van der Waals surface area (Å²) < 4.78 is 5.68. The van der Waals surface area contributed by atoms with Crippen molar-refractivity contribution in [1.29, 1.82) is 0 Å². The van der Waals surface area contributed by atoms with Gasteiger partial charge in [-0.15, -0.1) is 12.4 Å². The predicted octanol–water partition coefficient (Wildman–Crippen LogP) is 2.07. The van der Waals surface area contributed by atoms with Gasteiger partial charge >= 0.3 is 0 Å². The van der Waals surface area contributed by atoms with Gasteiger partial charge in [0.2, 0.25) is 0 Å². The number of fused-ring (bicyclic) bond motifs is 1. The van der Waals surface area contributed by atoms with Crippen LogP contribution in [0.1, 0.15) is 17.2 Å². The molecule has 1 aliphatic rings. The first-order valence-electron chi connectivity index (χ1n) is 5.82. The second-order valence-corrected chi connectivity index (χ2v) is 4.21. The zero-order valence-corrected chi connectivity index (χ0v) is 10.7. The van der Waals surface area contributed by atoms with Gasteiger partial charge in [0.05, 0.1) is 18.9 Å². The van der Waals surface area contributed by atoms with Gasteiger partial charge in [-0.1, -0.05) is 18.2 Å². The zero-order chi connectivity index (χ0) is 11.7. The third kappa shape index (κ3) is 2.14. The van der Waals surface area contributed by atoms with E-state index in [1.165, 1.54) is 16.7 Å². The Balaban J connectivity index is 0.00000120. The molecule has 0 radical (unpaired) electrons. The highest BCUT2D eigenvalue weighted by Crippen LogP contribution is 2.33. The largest absolute Gasteiger partial charge is 0.372 e. The van der Waals surface area contributed by atoms with E-state index in [4.69, 9.17) is 10.5 Å². The number of hydrogen-bond acceptors (Lipinski definition) is 3. The van der Waals surface area contributed by atoms with E-state index in [0.717, 1.165) is 18.6 Å². The number of nitrogens with zero attached hydrogens (tertiary/aromatic N) is 1. The van der Waals surface area contributed by atoms with Gasteiger partial charge in [-0.2, -0.15) is 5.10 Å². The van der Waals surface area contributed by atoms with Crippen molar-refractivity contribution in [3.8, 4) is 11.1 Å². The van der Waals surface area contributed by atoms with Crippen LogP contribution in [0.4, 0.5) is 0 Å². The van der Waals surface area contributed by atoms with Gasteiger partial charge in [0.25, 0.3) is 0 Å². The number of rotatable bonds is 2. The number of halogens is 1. The van der Waals surface area contributed by atoms with E-state index in [2.05, 4.69) is 28.4 Å². The van der Waals surface area contributed by atoms with Gasteiger partial charge in [0.1, 0.15) is 0 Å². The number of nitrogens with one attached hydrogen (secondary N) is 1. The molecule has 0 fully saturated rings. The SMILES string of the molecule is Cl.NC[C@@H]1OCCc2c(-c3cn[nH]c3)cccc21. The lowest BCUT2D eigenvalue weighted by atomic mass is 9.90. The van der Waals surface area contributed by atoms with E-state index in [-0.39, 0.29) is 18.5 Å². The van der Waals surface area contributed by atoms with Crippen molar-refractivity contribution < 1.29 is 4.74 Å². The topological polar surface area (TPSA) is 63.9 Å². The van der Waals surface area contributed by atoms with Crippen LogP contribution in [0.15, 0.2) is 30.6 Å².